The number of carbonyl (C=O) groups excluding carboxylic acids is 1. The summed E-state index contributed by atoms with van der Waals surface area (Å²) in [5.74, 6) is -1.15. The molecule has 6 heteroatoms. The van der Waals surface area contributed by atoms with E-state index in [-0.39, 0.29) is 6.42 Å². The van der Waals surface area contributed by atoms with Crippen LogP contribution < -0.4 is 5.32 Å². The van der Waals surface area contributed by atoms with Crippen molar-refractivity contribution in [1.82, 2.24) is 5.32 Å². The highest BCUT2D eigenvalue weighted by atomic mass is 35.5. The number of carboxylic acids is 1. The van der Waals surface area contributed by atoms with Gasteiger partial charge in [0, 0.05) is 11.4 Å². The molecule has 0 spiro atoms. The number of hydrogen-bond donors (Lipinski definition) is 2. The maximum atomic E-state index is 11.9. The van der Waals surface area contributed by atoms with Crippen LogP contribution in [0.2, 0.25) is 5.02 Å². The van der Waals surface area contributed by atoms with Crippen LogP contribution in [0.4, 0.5) is 4.79 Å². The Morgan fingerprint density at radius 3 is 2.31 bits per heavy atom. The lowest BCUT2D eigenvalue weighted by atomic mass is 10.0. The van der Waals surface area contributed by atoms with E-state index in [9.17, 15) is 14.7 Å². The van der Waals surface area contributed by atoms with Gasteiger partial charge in [-0.25, -0.2) is 9.59 Å². The molecule has 0 saturated heterocycles. The number of carboxylic acid groups (broad SMARTS) is 1. The van der Waals surface area contributed by atoms with E-state index in [1.54, 1.807) is 32.9 Å². The number of nitrogens with one attached hydrogen (secondary N) is 1. The molecule has 0 aliphatic heterocycles. The summed E-state index contributed by atoms with van der Waals surface area (Å²) < 4.78 is 5.12. The van der Waals surface area contributed by atoms with Crippen molar-refractivity contribution < 1.29 is 19.4 Å². The molecule has 5 nitrogen and oxygen atoms in total. The van der Waals surface area contributed by atoms with Crippen LogP contribution in [0.3, 0.4) is 0 Å². The Labute approximate surface area is 157 Å². The topological polar surface area (TPSA) is 75.6 Å². The number of aliphatic carboxylic acids is 1. The molecular formula is C20H22ClNO4. The monoisotopic (exact) mass is 375 g/mol. The molecule has 0 heterocycles. The Hall–Kier alpha value is -2.53. The first-order valence-corrected chi connectivity index (χ1v) is 8.59. The summed E-state index contributed by atoms with van der Waals surface area (Å²) in [5, 5.41) is 12.2. The van der Waals surface area contributed by atoms with Crippen molar-refractivity contribution in [2.24, 2.45) is 0 Å². The number of hydrogen-bond acceptors (Lipinski definition) is 3. The van der Waals surface area contributed by atoms with Gasteiger partial charge in [-0.3, -0.25) is 0 Å². The van der Waals surface area contributed by atoms with Gasteiger partial charge in [0.15, 0.2) is 0 Å². The number of alkyl carbamates (subject to hydrolysis) is 1. The number of benzene rings is 2. The minimum Gasteiger partial charge on any atom is -0.480 e. The van der Waals surface area contributed by atoms with E-state index in [4.69, 9.17) is 16.3 Å². The summed E-state index contributed by atoms with van der Waals surface area (Å²) in [6.07, 6.45) is -0.718. The second-order valence-electron chi connectivity index (χ2n) is 6.91. The van der Waals surface area contributed by atoms with Gasteiger partial charge in [-0.15, -0.1) is 0 Å². The van der Waals surface area contributed by atoms with E-state index < -0.39 is 23.7 Å². The van der Waals surface area contributed by atoms with Crippen LogP contribution >= 0.6 is 11.6 Å². The molecular weight excluding hydrogens is 354 g/mol. The van der Waals surface area contributed by atoms with Gasteiger partial charge >= 0.3 is 12.1 Å². The number of amides is 1. The number of ether oxygens (including phenoxy) is 1. The standard InChI is InChI=1S/C20H22ClNO4/c1-20(2,3)26-19(25)22-17(18(23)24)12-15-10-9-14(11-16(15)21)13-7-5-4-6-8-13/h4-11,17H,12H2,1-3H3,(H,22,25)(H,23,24)/t17-/m1/s1. The molecule has 0 aliphatic rings. The third kappa shape index (κ3) is 5.77. The molecule has 0 fully saturated rings. The summed E-state index contributed by atoms with van der Waals surface area (Å²) in [6, 6.07) is 14.0. The number of rotatable bonds is 5. The van der Waals surface area contributed by atoms with Crippen LogP contribution in [-0.4, -0.2) is 28.8 Å². The van der Waals surface area contributed by atoms with Crippen LogP contribution in [-0.2, 0) is 16.0 Å². The van der Waals surface area contributed by atoms with Gasteiger partial charge in [-0.1, -0.05) is 54.1 Å². The molecule has 0 aliphatic carbocycles. The molecule has 0 bridgehead atoms. The first-order valence-electron chi connectivity index (χ1n) is 8.22. The van der Waals surface area contributed by atoms with Gasteiger partial charge in [0.1, 0.15) is 11.6 Å². The Balaban J connectivity index is 2.14. The van der Waals surface area contributed by atoms with Gasteiger partial charge in [-0.05, 0) is 43.5 Å². The maximum absolute atomic E-state index is 11.9. The molecule has 2 rings (SSSR count). The fourth-order valence-corrected chi connectivity index (χ4v) is 2.65. The molecule has 26 heavy (non-hydrogen) atoms. The Morgan fingerprint density at radius 1 is 1.12 bits per heavy atom. The minimum absolute atomic E-state index is 0.0580. The van der Waals surface area contributed by atoms with Crippen LogP contribution in [0.5, 0.6) is 0 Å². The fourth-order valence-electron chi connectivity index (χ4n) is 2.39. The first kappa shape index (κ1) is 19.8. The van der Waals surface area contributed by atoms with Gasteiger partial charge in [-0.2, -0.15) is 0 Å². The molecule has 1 atom stereocenters. The van der Waals surface area contributed by atoms with Crippen molar-refractivity contribution in [2.75, 3.05) is 0 Å². The molecule has 0 saturated carbocycles. The molecule has 2 aromatic rings. The van der Waals surface area contributed by atoms with E-state index in [0.29, 0.717) is 10.6 Å². The van der Waals surface area contributed by atoms with Crippen molar-refractivity contribution in [2.45, 2.75) is 38.8 Å². The molecule has 138 valence electrons. The van der Waals surface area contributed by atoms with Crippen LogP contribution in [0, 0.1) is 0 Å². The fraction of sp³-hybridized carbons (Fsp3) is 0.300. The summed E-state index contributed by atoms with van der Waals surface area (Å²) in [7, 11) is 0. The summed E-state index contributed by atoms with van der Waals surface area (Å²) >= 11 is 6.33. The zero-order chi connectivity index (χ0) is 19.3. The van der Waals surface area contributed by atoms with E-state index in [2.05, 4.69) is 5.32 Å². The van der Waals surface area contributed by atoms with E-state index >= 15 is 0 Å². The lowest BCUT2D eigenvalue weighted by Gasteiger charge is -2.22. The average molecular weight is 376 g/mol. The van der Waals surface area contributed by atoms with Gasteiger partial charge in [0.25, 0.3) is 0 Å². The van der Waals surface area contributed by atoms with Crippen LogP contribution in [0.15, 0.2) is 48.5 Å². The Morgan fingerprint density at radius 2 is 1.77 bits per heavy atom. The zero-order valence-corrected chi connectivity index (χ0v) is 15.7. The third-order valence-corrected chi connectivity index (χ3v) is 3.93. The normalized spacial score (nSPS) is 12.3. The van der Waals surface area contributed by atoms with E-state index in [0.717, 1.165) is 11.1 Å². The third-order valence-electron chi connectivity index (χ3n) is 3.57. The predicted octanol–water partition coefficient (Wildman–Crippen LogP) is 4.53. The summed E-state index contributed by atoms with van der Waals surface area (Å²) in [5.41, 5.74) is 1.88. The Kier molecular flexibility index (Phi) is 6.27. The van der Waals surface area contributed by atoms with E-state index in [1.807, 2.05) is 36.4 Å². The highest BCUT2D eigenvalue weighted by Crippen LogP contribution is 2.26. The van der Waals surface area contributed by atoms with Crippen LogP contribution in [0.25, 0.3) is 11.1 Å². The first-order chi connectivity index (χ1) is 12.2. The highest BCUT2D eigenvalue weighted by Gasteiger charge is 2.25. The predicted molar refractivity (Wildman–Crippen MR) is 101 cm³/mol. The smallest absolute Gasteiger partial charge is 0.408 e. The van der Waals surface area contributed by atoms with Crippen molar-refractivity contribution >= 4 is 23.7 Å². The molecule has 2 aromatic carbocycles. The molecule has 2 N–H and O–H groups in total. The van der Waals surface area contributed by atoms with E-state index in [1.165, 1.54) is 0 Å². The second-order valence-corrected chi connectivity index (χ2v) is 7.32. The molecule has 0 aromatic heterocycles. The average Bonchev–Trinajstić information content (AvgIpc) is 2.54. The largest absolute Gasteiger partial charge is 0.480 e. The van der Waals surface area contributed by atoms with Gasteiger partial charge in [0.05, 0.1) is 0 Å². The number of carbonyl (C=O) groups is 2. The summed E-state index contributed by atoms with van der Waals surface area (Å²) in [6.45, 7) is 5.13. The highest BCUT2D eigenvalue weighted by molar-refractivity contribution is 6.31. The Bertz CT molecular complexity index is 784. The van der Waals surface area contributed by atoms with Crippen molar-refractivity contribution in [3.05, 3.63) is 59.1 Å². The second kappa shape index (κ2) is 8.23. The number of halogens is 1. The van der Waals surface area contributed by atoms with Gasteiger partial charge < -0.3 is 15.2 Å². The van der Waals surface area contributed by atoms with Crippen molar-refractivity contribution in [3.63, 3.8) is 0 Å². The molecule has 0 unspecified atom stereocenters. The minimum atomic E-state index is -1.15. The maximum Gasteiger partial charge on any atom is 0.408 e. The lowest BCUT2D eigenvalue weighted by Crippen LogP contribution is -2.44. The lowest BCUT2D eigenvalue weighted by molar-refractivity contribution is -0.139. The molecule has 0 radical (unpaired) electrons. The quantitative estimate of drug-likeness (QED) is 0.805. The SMILES string of the molecule is CC(C)(C)OC(=O)N[C@H](Cc1ccc(-c2ccccc2)cc1Cl)C(=O)O. The van der Waals surface area contributed by atoms with Crippen LogP contribution in [0.1, 0.15) is 26.3 Å². The molecule has 1 amide bonds. The van der Waals surface area contributed by atoms with Crippen molar-refractivity contribution in [1.29, 1.82) is 0 Å². The van der Waals surface area contributed by atoms with Crippen molar-refractivity contribution in [3.8, 4) is 11.1 Å². The zero-order valence-electron chi connectivity index (χ0n) is 15.0. The summed E-state index contributed by atoms with van der Waals surface area (Å²) in [4.78, 5) is 23.3. The van der Waals surface area contributed by atoms with Gasteiger partial charge in [0.2, 0.25) is 0 Å².